The molecule has 0 saturated carbocycles. The van der Waals surface area contributed by atoms with Crippen molar-refractivity contribution in [3.8, 4) is 50.2 Å². The molecular formula is C54H35N. The zero-order valence-corrected chi connectivity index (χ0v) is 30.2. The first-order valence-electron chi connectivity index (χ1n) is 19.3. The maximum Gasteiger partial charge on any atom is 0.0541 e. The Morgan fingerprint density at radius 1 is 0.364 bits per heavy atom. The molecule has 0 aliphatic heterocycles. The summed E-state index contributed by atoms with van der Waals surface area (Å²) < 4.78 is 2.39. The molecule has 1 heterocycles. The molecule has 0 fully saturated rings. The van der Waals surface area contributed by atoms with Crippen LogP contribution in [0, 0.1) is 0 Å². The number of fused-ring (bicyclic) bond motifs is 10. The minimum absolute atomic E-state index is 0.105. The molecule has 55 heavy (non-hydrogen) atoms. The monoisotopic (exact) mass is 697 g/mol. The summed E-state index contributed by atoms with van der Waals surface area (Å²) in [6, 6.07) is 72.4. The Hall–Kier alpha value is -6.96. The smallest absolute Gasteiger partial charge is 0.0541 e. The average Bonchev–Trinajstić information content (AvgIpc) is 3.91. The van der Waals surface area contributed by atoms with Gasteiger partial charge in [-0.25, -0.2) is 0 Å². The SMILES string of the molecule is c1ccc(-n2c3ccccc3c3cc(-c4ccc5c(c4)C(c4cc(-c6cccc7c6Cc6ccccc6-7)cc6ccccc46)c4ccccc4-5)ccc32)cc1. The fourth-order valence-electron chi connectivity index (χ4n) is 9.89. The molecule has 0 spiro atoms. The molecule has 2 aliphatic carbocycles. The first-order valence-corrected chi connectivity index (χ1v) is 19.3. The van der Waals surface area contributed by atoms with E-state index in [2.05, 4.69) is 199 Å². The number of rotatable bonds is 4. The number of hydrogen-bond acceptors (Lipinski definition) is 0. The van der Waals surface area contributed by atoms with Crippen LogP contribution in [0.3, 0.4) is 0 Å². The Morgan fingerprint density at radius 3 is 1.95 bits per heavy atom. The third-order valence-corrected chi connectivity index (χ3v) is 12.3. The topological polar surface area (TPSA) is 4.93 Å². The molecule has 10 aromatic rings. The Balaban J connectivity index is 1.05. The van der Waals surface area contributed by atoms with Crippen LogP contribution in [0.5, 0.6) is 0 Å². The Morgan fingerprint density at radius 2 is 1.02 bits per heavy atom. The fraction of sp³-hybridized carbons (Fsp3) is 0.0370. The van der Waals surface area contributed by atoms with Crippen molar-refractivity contribution < 1.29 is 0 Å². The predicted octanol–water partition coefficient (Wildman–Crippen LogP) is 14.0. The van der Waals surface area contributed by atoms with Crippen LogP contribution < -0.4 is 0 Å². The third kappa shape index (κ3) is 4.54. The molecule has 0 amide bonds. The molecular weight excluding hydrogens is 663 g/mol. The Bertz CT molecular complexity index is 3180. The number of hydrogen-bond donors (Lipinski definition) is 0. The minimum atomic E-state index is 0.105. The second-order valence-corrected chi connectivity index (χ2v) is 15.2. The molecule has 1 heteroatoms. The van der Waals surface area contributed by atoms with Gasteiger partial charge in [-0.15, -0.1) is 0 Å². The van der Waals surface area contributed by atoms with E-state index in [1.165, 1.54) is 111 Å². The maximum atomic E-state index is 2.51. The van der Waals surface area contributed by atoms with Gasteiger partial charge in [0.05, 0.1) is 11.0 Å². The summed E-state index contributed by atoms with van der Waals surface area (Å²) in [4.78, 5) is 0. The zero-order chi connectivity index (χ0) is 36.0. The first kappa shape index (κ1) is 30.5. The molecule has 256 valence electrons. The van der Waals surface area contributed by atoms with E-state index in [0.29, 0.717) is 0 Å². The summed E-state index contributed by atoms with van der Waals surface area (Å²) in [5.41, 5.74) is 21.1. The van der Waals surface area contributed by atoms with Crippen LogP contribution in [0.25, 0.3) is 82.8 Å². The standard InChI is InChI=1S/C54H35N/c1-2-15-39(16-3-1)55-52-24-11-10-20-46(52)49-30-35(26-28-53(49)55)34-25-27-45-44-19-8-9-21-47(44)54(51(45)31-34)50-33-38(29-36-13-4-7-18-41(36)50)42-22-12-23-43-40-17-6-5-14-37(40)32-48(42)43/h1-31,33,54H,32H2. The molecule has 1 aromatic heterocycles. The zero-order valence-electron chi connectivity index (χ0n) is 30.2. The van der Waals surface area contributed by atoms with Gasteiger partial charge < -0.3 is 4.57 Å². The van der Waals surface area contributed by atoms with Crippen molar-refractivity contribution in [3.63, 3.8) is 0 Å². The second kappa shape index (κ2) is 11.8. The lowest BCUT2D eigenvalue weighted by Gasteiger charge is -2.20. The number of aromatic nitrogens is 1. The Labute approximate surface area is 320 Å². The van der Waals surface area contributed by atoms with Gasteiger partial charge >= 0.3 is 0 Å². The van der Waals surface area contributed by atoms with Crippen LogP contribution in [0.4, 0.5) is 0 Å². The summed E-state index contributed by atoms with van der Waals surface area (Å²) in [5.74, 6) is 0.105. The Kier molecular flexibility index (Phi) is 6.53. The third-order valence-electron chi connectivity index (χ3n) is 12.3. The maximum absolute atomic E-state index is 2.51. The van der Waals surface area contributed by atoms with E-state index in [1.54, 1.807) is 0 Å². The van der Waals surface area contributed by atoms with Gasteiger partial charge in [0.15, 0.2) is 0 Å². The van der Waals surface area contributed by atoms with Gasteiger partial charge in [0.1, 0.15) is 0 Å². The number of para-hydroxylation sites is 2. The van der Waals surface area contributed by atoms with Crippen molar-refractivity contribution in [1.82, 2.24) is 4.57 Å². The molecule has 0 radical (unpaired) electrons. The molecule has 0 N–H and O–H groups in total. The van der Waals surface area contributed by atoms with Crippen molar-refractivity contribution in [2.45, 2.75) is 12.3 Å². The van der Waals surface area contributed by atoms with Crippen molar-refractivity contribution in [2.24, 2.45) is 0 Å². The summed E-state index contributed by atoms with van der Waals surface area (Å²) in [7, 11) is 0. The van der Waals surface area contributed by atoms with E-state index in [9.17, 15) is 0 Å². The highest BCUT2D eigenvalue weighted by Crippen LogP contribution is 2.52. The molecule has 2 aliphatic rings. The molecule has 1 unspecified atom stereocenters. The highest BCUT2D eigenvalue weighted by atomic mass is 15.0. The van der Waals surface area contributed by atoms with E-state index in [4.69, 9.17) is 0 Å². The van der Waals surface area contributed by atoms with Crippen molar-refractivity contribution in [2.75, 3.05) is 0 Å². The molecule has 1 atom stereocenters. The van der Waals surface area contributed by atoms with Crippen LogP contribution in [-0.4, -0.2) is 4.57 Å². The predicted molar refractivity (Wildman–Crippen MR) is 230 cm³/mol. The molecule has 0 saturated heterocycles. The van der Waals surface area contributed by atoms with Crippen LogP contribution in [0.2, 0.25) is 0 Å². The van der Waals surface area contributed by atoms with Gasteiger partial charge in [0.25, 0.3) is 0 Å². The quantitative estimate of drug-likeness (QED) is 0.173. The van der Waals surface area contributed by atoms with Crippen molar-refractivity contribution in [3.05, 3.63) is 222 Å². The summed E-state index contributed by atoms with van der Waals surface area (Å²) in [5, 5.41) is 5.14. The minimum Gasteiger partial charge on any atom is -0.309 e. The van der Waals surface area contributed by atoms with Crippen LogP contribution in [0.1, 0.15) is 33.7 Å². The summed E-state index contributed by atoms with van der Waals surface area (Å²) in [6.45, 7) is 0. The lowest BCUT2D eigenvalue weighted by Crippen LogP contribution is -2.02. The fourth-order valence-corrected chi connectivity index (χ4v) is 9.89. The van der Waals surface area contributed by atoms with Gasteiger partial charge in [-0.2, -0.15) is 0 Å². The van der Waals surface area contributed by atoms with Gasteiger partial charge in [-0.3, -0.25) is 0 Å². The van der Waals surface area contributed by atoms with E-state index in [-0.39, 0.29) is 5.92 Å². The molecule has 12 rings (SSSR count). The summed E-state index contributed by atoms with van der Waals surface area (Å²) in [6.07, 6.45) is 0.969. The van der Waals surface area contributed by atoms with Crippen LogP contribution >= 0.6 is 0 Å². The molecule has 9 aromatic carbocycles. The summed E-state index contributed by atoms with van der Waals surface area (Å²) >= 11 is 0. The van der Waals surface area contributed by atoms with Gasteiger partial charge in [0, 0.05) is 22.4 Å². The number of benzene rings is 9. The largest absolute Gasteiger partial charge is 0.309 e. The second-order valence-electron chi connectivity index (χ2n) is 15.2. The van der Waals surface area contributed by atoms with Gasteiger partial charge in [-0.05, 0) is 138 Å². The van der Waals surface area contributed by atoms with E-state index in [0.717, 1.165) is 6.42 Å². The highest BCUT2D eigenvalue weighted by molar-refractivity contribution is 6.10. The van der Waals surface area contributed by atoms with Gasteiger partial charge in [0.2, 0.25) is 0 Å². The number of nitrogens with zero attached hydrogens (tertiary/aromatic N) is 1. The highest BCUT2D eigenvalue weighted by Gasteiger charge is 2.32. The normalized spacial score (nSPS) is 13.9. The van der Waals surface area contributed by atoms with E-state index in [1.807, 2.05) is 0 Å². The first-order chi connectivity index (χ1) is 27.3. The average molecular weight is 698 g/mol. The van der Waals surface area contributed by atoms with E-state index >= 15 is 0 Å². The van der Waals surface area contributed by atoms with E-state index < -0.39 is 0 Å². The van der Waals surface area contributed by atoms with Crippen LogP contribution in [-0.2, 0) is 6.42 Å². The molecule has 0 bridgehead atoms. The van der Waals surface area contributed by atoms with Gasteiger partial charge in [-0.1, -0.05) is 146 Å². The lowest BCUT2D eigenvalue weighted by atomic mass is 9.83. The van der Waals surface area contributed by atoms with Crippen molar-refractivity contribution in [1.29, 1.82) is 0 Å². The molecule has 1 nitrogen and oxygen atoms in total. The van der Waals surface area contributed by atoms with Crippen molar-refractivity contribution >= 4 is 32.6 Å². The van der Waals surface area contributed by atoms with Crippen LogP contribution in [0.15, 0.2) is 194 Å². The lowest BCUT2D eigenvalue weighted by molar-refractivity contribution is 1.03.